The van der Waals surface area contributed by atoms with Gasteiger partial charge >= 0.3 is 5.97 Å². The summed E-state index contributed by atoms with van der Waals surface area (Å²) in [5.41, 5.74) is 1.29. The first-order valence-corrected chi connectivity index (χ1v) is 7.85. The van der Waals surface area contributed by atoms with Crippen molar-refractivity contribution in [2.75, 3.05) is 0 Å². The van der Waals surface area contributed by atoms with E-state index in [0.29, 0.717) is 21.4 Å². The Morgan fingerprint density at radius 1 is 1.04 bits per heavy atom. The predicted molar refractivity (Wildman–Crippen MR) is 93.9 cm³/mol. The molecule has 0 saturated carbocycles. The van der Waals surface area contributed by atoms with Gasteiger partial charge in [0.1, 0.15) is 6.61 Å². The molecule has 0 unspecified atom stereocenters. The van der Waals surface area contributed by atoms with Gasteiger partial charge in [-0.25, -0.2) is 4.79 Å². The Morgan fingerprint density at radius 3 is 2.26 bits per heavy atom. The lowest BCUT2D eigenvalue weighted by Gasteiger charge is -2.12. The highest BCUT2D eigenvalue weighted by atomic mass is 35.5. The van der Waals surface area contributed by atoms with Gasteiger partial charge in [-0.15, -0.1) is 0 Å². The second kappa shape index (κ2) is 7.93. The zero-order chi connectivity index (χ0) is 17.0. The van der Waals surface area contributed by atoms with Crippen LogP contribution in [0.25, 0.3) is 6.08 Å². The number of carbonyl (C=O) groups is 1. The topological polar surface area (TPSA) is 46.5 Å². The first-order valence-electron chi connectivity index (χ1n) is 6.33. The van der Waals surface area contributed by atoms with Crippen LogP contribution in [0, 0.1) is 0 Å². The molecule has 0 aliphatic heterocycles. The number of carboxylic acids is 1. The molecule has 0 aliphatic carbocycles. The van der Waals surface area contributed by atoms with Crippen LogP contribution < -0.4 is 4.74 Å². The molecule has 0 saturated heterocycles. The maximum Gasteiger partial charge on any atom is 0.328 e. The largest absolute Gasteiger partial charge is 0.486 e. The summed E-state index contributed by atoms with van der Waals surface area (Å²) < 4.78 is 5.62. The van der Waals surface area contributed by atoms with E-state index in [0.717, 1.165) is 11.6 Å². The fourth-order valence-corrected chi connectivity index (χ4v) is 2.85. The quantitative estimate of drug-likeness (QED) is 0.638. The summed E-state index contributed by atoms with van der Waals surface area (Å²) >= 11 is 24.2. The number of benzene rings is 2. The Hall–Kier alpha value is -1.39. The molecule has 3 nitrogen and oxygen atoms in total. The summed E-state index contributed by atoms with van der Waals surface area (Å²) in [6.07, 6.45) is 2.38. The molecular weight excluding hydrogens is 382 g/mol. The number of hydrogen-bond acceptors (Lipinski definition) is 2. The third-order valence-corrected chi connectivity index (χ3v) is 3.97. The summed E-state index contributed by atoms with van der Waals surface area (Å²) in [6.45, 7) is 0.166. The first-order chi connectivity index (χ1) is 10.9. The lowest BCUT2D eigenvalue weighted by atomic mass is 10.2. The molecule has 23 heavy (non-hydrogen) atoms. The minimum atomic E-state index is -1.06. The zero-order valence-corrected chi connectivity index (χ0v) is 14.5. The molecule has 2 aromatic carbocycles. The smallest absolute Gasteiger partial charge is 0.328 e. The van der Waals surface area contributed by atoms with Crippen molar-refractivity contribution < 1.29 is 14.6 Å². The highest BCUT2D eigenvalue weighted by molar-refractivity contribution is 6.37. The first kappa shape index (κ1) is 18.0. The molecule has 0 amide bonds. The Labute approximate surface area is 153 Å². The molecule has 0 atom stereocenters. The van der Waals surface area contributed by atoms with E-state index in [1.807, 2.05) is 0 Å². The molecule has 1 N–H and O–H groups in total. The Kier molecular flexibility index (Phi) is 6.19. The zero-order valence-electron chi connectivity index (χ0n) is 11.5. The fourth-order valence-electron chi connectivity index (χ4n) is 1.77. The third kappa shape index (κ3) is 5.05. The number of rotatable bonds is 5. The SMILES string of the molecule is O=C(O)C=Cc1cc(Cl)c(OCc2ccc(Cl)cc2Cl)c(Cl)c1. The maximum absolute atomic E-state index is 10.5. The highest BCUT2D eigenvalue weighted by Gasteiger charge is 2.11. The Morgan fingerprint density at radius 2 is 1.70 bits per heavy atom. The lowest BCUT2D eigenvalue weighted by Crippen LogP contribution is -1.98. The van der Waals surface area contributed by atoms with Gasteiger partial charge < -0.3 is 9.84 Å². The summed E-state index contributed by atoms with van der Waals surface area (Å²) in [5.74, 6) is -0.762. The van der Waals surface area contributed by atoms with E-state index in [2.05, 4.69) is 0 Å². The highest BCUT2D eigenvalue weighted by Crippen LogP contribution is 2.35. The van der Waals surface area contributed by atoms with E-state index in [4.69, 9.17) is 56.2 Å². The van der Waals surface area contributed by atoms with E-state index in [-0.39, 0.29) is 16.7 Å². The third-order valence-electron chi connectivity index (χ3n) is 2.83. The van der Waals surface area contributed by atoms with E-state index < -0.39 is 5.97 Å². The molecule has 2 aromatic rings. The van der Waals surface area contributed by atoms with Crippen molar-refractivity contribution in [2.24, 2.45) is 0 Å². The van der Waals surface area contributed by atoms with Crippen LogP contribution in [0.3, 0.4) is 0 Å². The Bertz CT molecular complexity index is 749. The van der Waals surface area contributed by atoms with Crippen LogP contribution in [0.5, 0.6) is 5.75 Å². The van der Waals surface area contributed by atoms with E-state index >= 15 is 0 Å². The molecule has 0 aliphatic rings. The fraction of sp³-hybridized carbons (Fsp3) is 0.0625. The van der Waals surface area contributed by atoms with Gasteiger partial charge in [0.25, 0.3) is 0 Å². The Balaban J connectivity index is 2.18. The average Bonchev–Trinajstić information content (AvgIpc) is 2.46. The van der Waals surface area contributed by atoms with Crippen LogP contribution in [0.2, 0.25) is 20.1 Å². The summed E-state index contributed by atoms with van der Waals surface area (Å²) in [5, 5.41) is 10.2. The van der Waals surface area contributed by atoms with Gasteiger partial charge in [-0.3, -0.25) is 0 Å². The van der Waals surface area contributed by atoms with Crippen molar-refractivity contribution >= 4 is 58.4 Å². The van der Waals surface area contributed by atoms with Crippen molar-refractivity contribution in [1.82, 2.24) is 0 Å². The van der Waals surface area contributed by atoms with Gasteiger partial charge in [-0.2, -0.15) is 0 Å². The monoisotopic (exact) mass is 390 g/mol. The molecule has 2 rings (SSSR count). The normalized spacial score (nSPS) is 11.0. The number of carboxylic acid groups (broad SMARTS) is 1. The second-order valence-electron chi connectivity index (χ2n) is 4.51. The van der Waals surface area contributed by atoms with Crippen LogP contribution in [0.4, 0.5) is 0 Å². The average molecular weight is 392 g/mol. The summed E-state index contributed by atoms with van der Waals surface area (Å²) in [7, 11) is 0. The van der Waals surface area contributed by atoms with Crippen LogP contribution in [-0.2, 0) is 11.4 Å². The second-order valence-corrected chi connectivity index (χ2v) is 6.17. The van der Waals surface area contributed by atoms with Crippen LogP contribution in [-0.4, -0.2) is 11.1 Å². The number of ether oxygens (including phenoxy) is 1. The summed E-state index contributed by atoms with van der Waals surface area (Å²) in [6, 6.07) is 8.19. The van der Waals surface area contributed by atoms with Gasteiger partial charge in [0.15, 0.2) is 5.75 Å². The molecule has 0 aromatic heterocycles. The molecule has 0 bridgehead atoms. The number of hydrogen-bond donors (Lipinski definition) is 1. The number of aliphatic carboxylic acids is 1. The van der Waals surface area contributed by atoms with Crippen molar-refractivity contribution in [3.8, 4) is 5.75 Å². The minimum absolute atomic E-state index is 0.166. The summed E-state index contributed by atoms with van der Waals surface area (Å²) in [4.78, 5) is 10.5. The van der Waals surface area contributed by atoms with Crippen LogP contribution in [0.1, 0.15) is 11.1 Å². The van der Waals surface area contributed by atoms with Gasteiger partial charge in [0.05, 0.1) is 10.0 Å². The van der Waals surface area contributed by atoms with E-state index in [1.54, 1.807) is 30.3 Å². The molecule has 0 heterocycles. The predicted octanol–water partition coefficient (Wildman–Crippen LogP) is 5.98. The van der Waals surface area contributed by atoms with Crippen molar-refractivity contribution in [2.45, 2.75) is 6.61 Å². The standard InChI is InChI=1S/C16H10Cl4O3/c17-11-3-2-10(12(18)7-11)8-23-16-13(19)5-9(6-14(16)20)1-4-15(21)22/h1-7H,8H2,(H,21,22). The van der Waals surface area contributed by atoms with Gasteiger partial charge in [-0.1, -0.05) is 52.5 Å². The van der Waals surface area contributed by atoms with Crippen LogP contribution in [0.15, 0.2) is 36.4 Å². The van der Waals surface area contributed by atoms with Gasteiger partial charge in [0, 0.05) is 21.7 Å². The van der Waals surface area contributed by atoms with Gasteiger partial charge in [-0.05, 0) is 35.9 Å². The minimum Gasteiger partial charge on any atom is -0.486 e. The van der Waals surface area contributed by atoms with Crippen molar-refractivity contribution in [3.63, 3.8) is 0 Å². The molecule has 120 valence electrons. The molecule has 0 radical (unpaired) electrons. The van der Waals surface area contributed by atoms with Gasteiger partial charge in [0.2, 0.25) is 0 Å². The molecule has 7 heteroatoms. The molecule has 0 fully saturated rings. The maximum atomic E-state index is 10.5. The van der Waals surface area contributed by atoms with E-state index in [9.17, 15) is 4.79 Å². The van der Waals surface area contributed by atoms with Crippen molar-refractivity contribution in [1.29, 1.82) is 0 Å². The molecular formula is C16H10Cl4O3. The van der Waals surface area contributed by atoms with Crippen molar-refractivity contribution in [3.05, 3.63) is 67.6 Å². The number of halogens is 4. The lowest BCUT2D eigenvalue weighted by molar-refractivity contribution is -0.131. The van der Waals surface area contributed by atoms with Crippen LogP contribution >= 0.6 is 46.4 Å². The molecule has 0 spiro atoms. The van der Waals surface area contributed by atoms with E-state index in [1.165, 1.54) is 6.08 Å².